The Labute approximate surface area is 138 Å². The van der Waals surface area contributed by atoms with E-state index in [9.17, 15) is 4.79 Å². The van der Waals surface area contributed by atoms with E-state index in [0.717, 1.165) is 44.8 Å². The van der Waals surface area contributed by atoms with Gasteiger partial charge in [0.25, 0.3) is 0 Å². The molecule has 0 unspecified atom stereocenters. The van der Waals surface area contributed by atoms with Crippen LogP contribution >= 0.6 is 0 Å². The first-order valence-electron chi connectivity index (χ1n) is 8.18. The highest BCUT2D eigenvalue weighted by molar-refractivity contribution is 5.91. The molecule has 1 aliphatic heterocycles. The summed E-state index contributed by atoms with van der Waals surface area (Å²) in [5.41, 5.74) is 2.24. The van der Waals surface area contributed by atoms with Crippen LogP contribution in [-0.4, -0.2) is 64.3 Å². The van der Waals surface area contributed by atoms with Crippen LogP contribution in [0, 0.1) is 0 Å². The van der Waals surface area contributed by atoms with E-state index >= 15 is 0 Å². The Bertz CT molecular complexity index is 506. The monoisotopic (exact) mass is 317 g/mol. The Balaban J connectivity index is 1.77. The highest BCUT2D eigenvalue weighted by Gasteiger charge is 2.10. The van der Waals surface area contributed by atoms with Crippen molar-refractivity contribution < 1.29 is 9.53 Å². The number of anilines is 1. The summed E-state index contributed by atoms with van der Waals surface area (Å²) in [5, 5.41) is 2.90. The summed E-state index contributed by atoms with van der Waals surface area (Å²) in [7, 11) is 4.06. The molecule has 0 spiro atoms. The molecule has 5 heteroatoms. The van der Waals surface area contributed by atoms with Crippen molar-refractivity contribution >= 4 is 17.7 Å². The van der Waals surface area contributed by atoms with Crippen molar-refractivity contribution in [1.82, 2.24) is 10.2 Å². The molecule has 1 amide bonds. The summed E-state index contributed by atoms with van der Waals surface area (Å²) >= 11 is 0. The van der Waals surface area contributed by atoms with Gasteiger partial charge in [-0.3, -0.25) is 4.79 Å². The molecule has 1 heterocycles. The van der Waals surface area contributed by atoms with E-state index < -0.39 is 0 Å². The fourth-order valence-electron chi connectivity index (χ4n) is 2.46. The standard InChI is InChI=1S/C18H27N3O2/c1-20(2)11-3-10-19-18(22)9-6-16-4-7-17(8-5-16)21-12-14-23-15-13-21/h4-9H,3,10-15H2,1-2H3,(H,19,22)/b9-6+. The van der Waals surface area contributed by atoms with Crippen LogP contribution in [0.1, 0.15) is 12.0 Å². The van der Waals surface area contributed by atoms with Crippen molar-refractivity contribution in [2.75, 3.05) is 58.4 Å². The van der Waals surface area contributed by atoms with Gasteiger partial charge in [-0.25, -0.2) is 0 Å². The Morgan fingerprint density at radius 1 is 1.26 bits per heavy atom. The highest BCUT2D eigenvalue weighted by atomic mass is 16.5. The number of ether oxygens (including phenoxy) is 1. The molecular weight excluding hydrogens is 290 g/mol. The summed E-state index contributed by atoms with van der Waals surface area (Å²) in [6.07, 6.45) is 4.41. The molecule has 23 heavy (non-hydrogen) atoms. The van der Waals surface area contributed by atoms with Crippen LogP contribution in [0.25, 0.3) is 6.08 Å². The van der Waals surface area contributed by atoms with E-state index in [2.05, 4.69) is 27.2 Å². The second-order valence-corrected chi connectivity index (χ2v) is 5.97. The van der Waals surface area contributed by atoms with Crippen molar-refractivity contribution in [3.8, 4) is 0 Å². The number of carbonyl (C=O) groups is 1. The van der Waals surface area contributed by atoms with Gasteiger partial charge in [0.1, 0.15) is 0 Å². The molecule has 2 rings (SSSR count). The number of morpholine rings is 1. The summed E-state index contributed by atoms with van der Waals surface area (Å²) in [6.45, 7) is 5.13. The smallest absolute Gasteiger partial charge is 0.243 e. The maximum Gasteiger partial charge on any atom is 0.243 e. The zero-order valence-corrected chi connectivity index (χ0v) is 14.1. The Kier molecular flexibility index (Phi) is 7.10. The number of carbonyl (C=O) groups excluding carboxylic acids is 1. The van der Waals surface area contributed by atoms with Crippen LogP contribution in [0.5, 0.6) is 0 Å². The Morgan fingerprint density at radius 3 is 2.61 bits per heavy atom. The topological polar surface area (TPSA) is 44.8 Å². The number of benzene rings is 1. The summed E-state index contributed by atoms with van der Waals surface area (Å²) in [4.78, 5) is 16.2. The number of hydrogen-bond acceptors (Lipinski definition) is 4. The number of hydrogen-bond donors (Lipinski definition) is 1. The molecule has 0 atom stereocenters. The van der Waals surface area contributed by atoms with Gasteiger partial charge in [0.15, 0.2) is 0 Å². The summed E-state index contributed by atoms with van der Waals surface area (Å²) in [6, 6.07) is 8.28. The van der Waals surface area contributed by atoms with Gasteiger partial charge in [-0.05, 0) is 50.8 Å². The van der Waals surface area contributed by atoms with Gasteiger partial charge >= 0.3 is 0 Å². The number of nitrogens with one attached hydrogen (secondary N) is 1. The lowest BCUT2D eigenvalue weighted by Gasteiger charge is -2.28. The summed E-state index contributed by atoms with van der Waals surface area (Å²) in [5.74, 6) is -0.0407. The normalized spacial score (nSPS) is 15.3. The molecule has 1 aromatic rings. The van der Waals surface area contributed by atoms with Gasteiger partial charge < -0.3 is 19.9 Å². The van der Waals surface area contributed by atoms with E-state index in [1.54, 1.807) is 6.08 Å². The lowest BCUT2D eigenvalue weighted by molar-refractivity contribution is -0.116. The van der Waals surface area contributed by atoms with Gasteiger partial charge in [-0.15, -0.1) is 0 Å². The Morgan fingerprint density at radius 2 is 1.96 bits per heavy atom. The molecule has 1 N–H and O–H groups in total. The van der Waals surface area contributed by atoms with Crippen LogP contribution in [0.3, 0.4) is 0 Å². The minimum atomic E-state index is -0.0407. The van der Waals surface area contributed by atoms with Crippen LogP contribution in [0.15, 0.2) is 30.3 Å². The summed E-state index contributed by atoms with van der Waals surface area (Å²) < 4.78 is 5.36. The zero-order valence-electron chi connectivity index (χ0n) is 14.1. The van der Waals surface area contributed by atoms with Gasteiger partial charge in [0, 0.05) is 31.4 Å². The molecule has 1 fully saturated rings. The van der Waals surface area contributed by atoms with E-state index in [0.29, 0.717) is 6.54 Å². The first-order valence-corrected chi connectivity index (χ1v) is 8.18. The van der Waals surface area contributed by atoms with E-state index in [4.69, 9.17) is 4.74 Å². The zero-order chi connectivity index (χ0) is 16.5. The SMILES string of the molecule is CN(C)CCCNC(=O)/C=C/c1ccc(N2CCOCC2)cc1. The maximum absolute atomic E-state index is 11.7. The molecule has 1 saturated heterocycles. The lowest BCUT2D eigenvalue weighted by Crippen LogP contribution is -2.36. The van der Waals surface area contributed by atoms with Crippen molar-refractivity contribution in [2.45, 2.75) is 6.42 Å². The average molecular weight is 317 g/mol. The molecule has 0 aromatic heterocycles. The molecule has 0 bridgehead atoms. The second kappa shape index (κ2) is 9.33. The van der Waals surface area contributed by atoms with Crippen molar-refractivity contribution in [1.29, 1.82) is 0 Å². The fraction of sp³-hybridized carbons (Fsp3) is 0.500. The predicted octanol–water partition coefficient (Wildman–Crippen LogP) is 1.60. The number of amides is 1. The van der Waals surface area contributed by atoms with E-state index in [-0.39, 0.29) is 5.91 Å². The molecular formula is C18H27N3O2. The van der Waals surface area contributed by atoms with Crippen molar-refractivity contribution in [3.05, 3.63) is 35.9 Å². The first-order chi connectivity index (χ1) is 11.1. The van der Waals surface area contributed by atoms with Crippen LogP contribution in [0.2, 0.25) is 0 Å². The Hall–Kier alpha value is -1.85. The molecule has 1 aromatic carbocycles. The van der Waals surface area contributed by atoms with Crippen molar-refractivity contribution in [2.24, 2.45) is 0 Å². The van der Waals surface area contributed by atoms with E-state index in [1.807, 2.05) is 32.3 Å². The van der Waals surface area contributed by atoms with Gasteiger partial charge in [0.05, 0.1) is 13.2 Å². The molecule has 0 aliphatic carbocycles. The van der Waals surface area contributed by atoms with Crippen molar-refractivity contribution in [3.63, 3.8) is 0 Å². The predicted molar refractivity (Wildman–Crippen MR) is 94.7 cm³/mol. The van der Waals surface area contributed by atoms with Crippen LogP contribution < -0.4 is 10.2 Å². The minimum absolute atomic E-state index is 0.0407. The highest BCUT2D eigenvalue weighted by Crippen LogP contribution is 2.17. The fourth-order valence-corrected chi connectivity index (χ4v) is 2.46. The quantitative estimate of drug-likeness (QED) is 0.613. The molecule has 0 saturated carbocycles. The second-order valence-electron chi connectivity index (χ2n) is 5.97. The number of nitrogens with zero attached hydrogens (tertiary/aromatic N) is 2. The largest absolute Gasteiger partial charge is 0.378 e. The molecule has 0 radical (unpaired) electrons. The van der Waals surface area contributed by atoms with Crippen LogP contribution in [0.4, 0.5) is 5.69 Å². The average Bonchev–Trinajstić information content (AvgIpc) is 2.58. The van der Waals surface area contributed by atoms with Gasteiger partial charge in [0.2, 0.25) is 5.91 Å². The molecule has 5 nitrogen and oxygen atoms in total. The third-order valence-electron chi connectivity index (χ3n) is 3.78. The van der Waals surface area contributed by atoms with Crippen LogP contribution in [-0.2, 0) is 9.53 Å². The lowest BCUT2D eigenvalue weighted by atomic mass is 10.1. The first kappa shape index (κ1) is 17.5. The van der Waals surface area contributed by atoms with E-state index in [1.165, 1.54) is 5.69 Å². The molecule has 126 valence electrons. The van der Waals surface area contributed by atoms with Gasteiger partial charge in [-0.1, -0.05) is 12.1 Å². The minimum Gasteiger partial charge on any atom is -0.378 e. The third kappa shape index (κ3) is 6.42. The van der Waals surface area contributed by atoms with Gasteiger partial charge in [-0.2, -0.15) is 0 Å². The maximum atomic E-state index is 11.7. The number of rotatable bonds is 7. The third-order valence-corrected chi connectivity index (χ3v) is 3.78. The molecule has 1 aliphatic rings.